The van der Waals surface area contributed by atoms with Gasteiger partial charge in [-0.25, -0.2) is 17.7 Å². The summed E-state index contributed by atoms with van der Waals surface area (Å²) in [6.45, 7) is 3.49. The third kappa shape index (κ3) is 4.40. The van der Waals surface area contributed by atoms with E-state index in [0.717, 1.165) is 30.0 Å². The summed E-state index contributed by atoms with van der Waals surface area (Å²) in [5.41, 5.74) is 5.00. The van der Waals surface area contributed by atoms with Crippen molar-refractivity contribution in [3.63, 3.8) is 0 Å². The maximum atomic E-state index is 12.5. The number of hydrogen-bond acceptors (Lipinski definition) is 4. The lowest BCUT2D eigenvalue weighted by molar-refractivity contribution is 0.521. The molecule has 32 heavy (non-hydrogen) atoms. The monoisotopic (exact) mass is 448 g/mol. The van der Waals surface area contributed by atoms with E-state index < -0.39 is 10.0 Å². The first-order valence-corrected chi connectivity index (χ1v) is 12.1. The van der Waals surface area contributed by atoms with Gasteiger partial charge in [-0.1, -0.05) is 49.4 Å². The zero-order valence-corrected chi connectivity index (χ0v) is 19.4. The number of anilines is 1. The summed E-state index contributed by atoms with van der Waals surface area (Å²) in [7, 11) is -0.427. The molecule has 0 amide bonds. The number of rotatable bonds is 8. The van der Waals surface area contributed by atoms with Gasteiger partial charge in [-0.05, 0) is 47.9 Å². The topological polar surface area (TPSA) is 67.2 Å². The van der Waals surface area contributed by atoms with E-state index in [1.807, 2.05) is 24.3 Å². The van der Waals surface area contributed by atoms with E-state index >= 15 is 0 Å². The lowest BCUT2D eigenvalue weighted by atomic mass is 10.1. The van der Waals surface area contributed by atoms with Crippen LogP contribution in [0.1, 0.15) is 19.2 Å². The van der Waals surface area contributed by atoms with Gasteiger partial charge in [0.15, 0.2) is 0 Å². The van der Waals surface area contributed by atoms with Gasteiger partial charge in [-0.15, -0.1) is 0 Å². The van der Waals surface area contributed by atoms with E-state index in [0.29, 0.717) is 12.1 Å². The molecular weight excluding hydrogens is 420 g/mol. The Morgan fingerprint density at radius 2 is 1.62 bits per heavy atom. The summed E-state index contributed by atoms with van der Waals surface area (Å²) in [6, 6.07) is 23.8. The molecule has 0 aliphatic carbocycles. The number of fused-ring (bicyclic) bond motifs is 1. The van der Waals surface area contributed by atoms with Gasteiger partial charge in [0.05, 0.1) is 22.5 Å². The van der Waals surface area contributed by atoms with Crippen LogP contribution in [0.2, 0.25) is 0 Å². The molecular formula is C25H28N4O2S. The van der Waals surface area contributed by atoms with Crippen molar-refractivity contribution < 1.29 is 8.42 Å². The minimum atomic E-state index is -3.50. The number of hydrogen-bond donors (Lipinski definition) is 1. The maximum Gasteiger partial charge on any atom is 0.242 e. The Hall–Kier alpha value is -3.16. The second-order valence-corrected chi connectivity index (χ2v) is 10.1. The molecule has 0 unspecified atom stereocenters. The molecule has 1 aromatic heterocycles. The molecule has 7 heteroatoms. The van der Waals surface area contributed by atoms with Gasteiger partial charge in [-0.2, -0.15) is 0 Å². The number of aryl methyl sites for hydroxylation is 1. The van der Waals surface area contributed by atoms with Gasteiger partial charge in [0, 0.05) is 26.3 Å². The van der Waals surface area contributed by atoms with Crippen molar-refractivity contribution in [1.29, 1.82) is 0 Å². The summed E-state index contributed by atoms with van der Waals surface area (Å²) in [4.78, 5) is 5.02. The third-order valence-electron chi connectivity index (χ3n) is 5.47. The number of sulfonamides is 1. The smallest absolute Gasteiger partial charge is 0.242 e. The Morgan fingerprint density at radius 1 is 0.938 bits per heavy atom. The van der Waals surface area contributed by atoms with Gasteiger partial charge >= 0.3 is 0 Å². The van der Waals surface area contributed by atoms with Crippen LogP contribution in [0.3, 0.4) is 0 Å². The molecule has 0 bridgehead atoms. The molecule has 0 radical (unpaired) electrons. The second kappa shape index (κ2) is 9.14. The quantitative estimate of drug-likeness (QED) is 0.413. The highest BCUT2D eigenvalue weighted by molar-refractivity contribution is 7.89. The maximum absolute atomic E-state index is 12.5. The lowest BCUT2D eigenvalue weighted by Gasteiger charge is -2.12. The Balaban J connectivity index is 1.58. The SMILES string of the molecule is CCCn1c(CNc2ccc(-c3ccccc3)cc2)nc2cc(S(=O)(=O)N(C)C)ccc21. The fourth-order valence-electron chi connectivity index (χ4n) is 3.73. The molecule has 0 aliphatic rings. The molecule has 0 atom stereocenters. The molecule has 4 rings (SSSR count). The van der Waals surface area contributed by atoms with Crippen molar-refractivity contribution in [2.45, 2.75) is 31.3 Å². The summed E-state index contributed by atoms with van der Waals surface area (Å²) in [6.07, 6.45) is 0.960. The van der Waals surface area contributed by atoms with Crippen LogP contribution in [0.15, 0.2) is 77.7 Å². The van der Waals surface area contributed by atoms with Crippen molar-refractivity contribution in [3.05, 3.63) is 78.6 Å². The highest BCUT2D eigenvalue weighted by atomic mass is 32.2. The average Bonchev–Trinajstić information content (AvgIpc) is 3.15. The summed E-state index contributed by atoms with van der Waals surface area (Å²) in [5, 5.41) is 3.45. The summed E-state index contributed by atoms with van der Waals surface area (Å²) >= 11 is 0. The molecule has 1 heterocycles. The highest BCUT2D eigenvalue weighted by Crippen LogP contribution is 2.24. The molecule has 0 spiro atoms. The van der Waals surface area contributed by atoms with E-state index in [9.17, 15) is 8.42 Å². The van der Waals surface area contributed by atoms with Gasteiger partial charge < -0.3 is 9.88 Å². The third-order valence-corrected chi connectivity index (χ3v) is 7.28. The number of nitrogens with one attached hydrogen (secondary N) is 1. The number of benzene rings is 3. The average molecular weight is 449 g/mol. The van der Waals surface area contributed by atoms with Crippen LogP contribution in [-0.2, 0) is 23.1 Å². The first-order chi connectivity index (χ1) is 15.4. The number of aromatic nitrogens is 2. The van der Waals surface area contributed by atoms with Crippen molar-refractivity contribution in [2.24, 2.45) is 0 Å². The highest BCUT2D eigenvalue weighted by Gasteiger charge is 2.19. The number of nitrogens with zero attached hydrogens (tertiary/aromatic N) is 3. The van der Waals surface area contributed by atoms with E-state index in [2.05, 4.69) is 53.2 Å². The predicted octanol–water partition coefficient (Wildman–Crippen LogP) is 4.98. The molecule has 6 nitrogen and oxygen atoms in total. The van der Waals surface area contributed by atoms with E-state index in [4.69, 9.17) is 4.98 Å². The Morgan fingerprint density at radius 3 is 2.28 bits per heavy atom. The molecule has 0 saturated heterocycles. The first kappa shape index (κ1) is 22.0. The normalized spacial score (nSPS) is 11.9. The van der Waals surface area contributed by atoms with Crippen LogP contribution in [0, 0.1) is 0 Å². The van der Waals surface area contributed by atoms with Crippen LogP contribution >= 0.6 is 0 Å². The summed E-state index contributed by atoms with van der Waals surface area (Å²) in [5.74, 6) is 0.883. The first-order valence-electron chi connectivity index (χ1n) is 10.7. The zero-order chi connectivity index (χ0) is 22.7. The minimum Gasteiger partial charge on any atom is -0.378 e. The zero-order valence-electron chi connectivity index (χ0n) is 18.6. The Labute approximate surface area is 189 Å². The van der Waals surface area contributed by atoms with Gasteiger partial charge in [0.1, 0.15) is 5.82 Å². The molecule has 0 aliphatic heterocycles. The molecule has 3 aromatic carbocycles. The van der Waals surface area contributed by atoms with Crippen LogP contribution < -0.4 is 5.32 Å². The standard InChI is InChI=1S/C25H28N4O2S/c1-4-16-29-24-15-14-22(32(30,31)28(2)3)17-23(24)27-25(29)18-26-21-12-10-20(11-13-21)19-8-6-5-7-9-19/h5-15,17,26H,4,16,18H2,1-3H3. The van der Waals surface area contributed by atoms with Crippen molar-refractivity contribution in [2.75, 3.05) is 19.4 Å². The summed E-state index contributed by atoms with van der Waals surface area (Å²) < 4.78 is 28.4. The van der Waals surface area contributed by atoms with Crippen LogP contribution in [-0.4, -0.2) is 36.4 Å². The number of imidazole rings is 1. The lowest BCUT2D eigenvalue weighted by Crippen LogP contribution is -2.22. The van der Waals surface area contributed by atoms with E-state index in [1.54, 1.807) is 12.1 Å². The fraction of sp³-hybridized carbons (Fsp3) is 0.240. The molecule has 0 saturated carbocycles. The van der Waals surface area contributed by atoms with E-state index in [1.165, 1.54) is 29.5 Å². The van der Waals surface area contributed by atoms with Gasteiger partial charge in [0.2, 0.25) is 10.0 Å². The van der Waals surface area contributed by atoms with Gasteiger partial charge in [0.25, 0.3) is 0 Å². The second-order valence-electron chi connectivity index (χ2n) is 7.91. The van der Waals surface area contributed by atoms with Crippen LogP contribution in [0.5, 0.6) is 0 Å². The Kier molecular flexibility index (Phi) is 6.30. The molecule has 1 N–H and O–H groups in total. The van der Waals surface area contributed by atoms with Gasteiger partial charge in [-0.3, -0.25) is 0 Å². The predicted molar refractivity (Wildman–Crippen MR) is 130 cm³/mol. The molecule has 166 valence electrons. The van der Waals surface area contributed by atoms with E-state index in [-0.39, 0.29) is 4.90 Å². The molecule has 4 aromatic rings. The fourth-order valence-corrected chi connectivity index (χ4v) is 4.65. The van der Waals surface area contributed by atoms with Crippen molar-refractivity contribution in [3.8, 4) is 11.1 Å². The van der Waals surface area contributed by atoms with Crippen LogP contribution in [0.25, 0.3) is 22.2 Å². The minimum absolute atomic E-state index is 0.257. The Bertz CT molecular complexity index is 1310. The largest absolute Gasteiger partial charge is 0.378 e. The molecule has 0 fully saturated rings. The van der Waals surface area contributed by atoms with Crippen LogP contribution in [0.4, 0.5) is 5.69 Å². The van der Waals surface area contributed by atoms with Crippen molar-refractivity contribution >= 4 is 26.7 Å². The van der Waals surface area contributed by atoms with Crippen molar-refractivity contribution in [1.82, 2.24) is 13.9 Å².